The number of urea groups is 1. The van der Waals surface area contributed by atoms with Gasteiger partial charge >= 0.3 is 12.2 Å². The fraction of sp³-hybridized carbons (Fsp3) is 0.400. The highest BCUT2D eigenvalue weighted by atomic mass is 19.4. The number of β-amino-alcohol motifs (C(OH)–C–C–N with tert-alkyl or cyclic N) is 1. The zero-order chi connectivity index (χ0) is 24.6. The number of nitrogens with zero attached hydrogens (tertiary/aromatic N) is 6. The summed E-state index contributed by atoms with van der Waals surface area (Å²) in [6.07, 6.45) is -1.02. The van der Waals surface area contributed by atoms with Gasteiger partial charge < -0.3 is 10.8 Å². The first-order valence-corrected chi connectivity index (χ1v) is 10.3. The number of alkyl halides is 3. The number of primary amides is 1. The number of hydrogen-bond donors (Lipinski definition) is 2. The molecule has 1 saturated carbocycles. The summed E-state index contributed by atoms with van der Waals surface area (Å²) in [5.74, 6) is -1.50. The fourth-order valence-electron chi connectivity index (χ4n) is 3.46. The van der Waals surface area contributed by atoms with Crippen LogP contribution in [0.15, 0.2) is 24.2 Å². The minimum Gasteiger partial charge on any atom is -0.395 e. The van der Waals surface area contributed by atoms with Crippen molar-refractivity contribution in [3.8, 4) is 11.4 Å². The third kappa shape index (κ3) is 4.76. The number of aromatic nitrogens is 4. The molecule has 0 radical (unpaired) electrons. The molecule has 0 unspecified atom stereocenters. The molecule has 4 rings (SSSR count). The van der Waals surface area contributed by atoms with E-state index in [1.165, 1.54) is 18.6 Å². The summed E-state index contributed by atoms with van der Waals surface area (Å²) in [5, 5.41) is 13.4. The number of halogens is 3. The van der Waals surface area contributed by atoms with Crippen LogP contribution in [0, 0.1) is 0 Å². The van der Waals surface area contributed by atoms with Crippen LogP contribution in [0.1, 0.15) is 36.6 Å². The predicted octanol–water partition coefficient (Wildman–Crippen LogP) is 1.17. The molecule has 0 bridgehead atoms. The van der Waals surface area contributed by atoms with Crippen molar-refractivity contribution < 1.29 is 32.7 Å². The maximum absolute atomic E-state index is 13.3. The summed E-state index contributed by atoms with van der Waals surface area (Å²) in [4.78, 5) is 45.9. The minimum atomic E-state index is -4.64. The first-order valence-electron chi connectivity index (χ1n) is 10.3. The molecule has 0 aromatic carbocycles. The van der Waals surface area contributed by atoms with Crippen molar-refractivity contribution in [2.24, 2.45) is 5.73 Å². The van der Waals surface area contributed by atoms with Gasteiger partial charge in [0, 0.05) is 30.1 Å². The molecular weight excluding hydrogens is 459 g/mol. The maximum Gasteiger partial charge on any atom is 0.433 e. The Morgan fingerprint density at radius 3 is 2.56 bits per heavy atom. The van der Waals surface area contributed by atoms with Crippen LogP contribution < -0.4 is 5.73 Å². The molecule has 2 fully saturated rings. The molecule has 3 N–H and O–H groups in total. The molecule has 3 heterocycles. The number of pyridine rings is 1. The number of imide groups is 1. The quantitative estimate of drug-likeness (QED) is 0.427. The molecule has 1 saturated heterocycles. The highest BCUT2D eigenvalue weighted by Crippen LogP contribution is 2.41. The van der Waals surface area contributed by atoms with Crippen molar-refractivity contribution in [3.05, 3.63) is 35.5 Å². The van der Waals surface area contributed by atoms with Crippen LogP contribution in [-0.4, -0.2) is 72.2 Å². The van der Waals surface area contributed by atoms with Crippen molar-refractivity contribution in [2.45, 2.75) is 31.4 Å². The van der Waals surface area contributed by atoms with Gasteiger partial charge in [-0.2, -0.15) is 13.2 Å². The van der Waals surface area contributed by atoms with Gasteiger partial charge in [-0.25, -0.2) is 19.4 Å². The van der Waals surface area contributed by atoms with Gasteiger partial charge in [-0.1, -0.05) is 0 Å². The Morgan fingerprint density at radius 1 is 1.21 bits per heavy atom. The van der Waals surface area contributed by atoms with Gasteiger partial charge in [-0.3, -0.25) is 19.4 Å². The van der Waals surface area contributed by atoms with E-state index in [1.807, 2.05) is 0 Å². The van der Waals surface area contributed by atoms with Gasteiger partial charge in [-0.05, 0) is 25.0 Å². The lowest BCUT2D eigenvalue weighted by atomic mass is 10.1. The van der Waals surface area contributed by atoms with Crippen LogP contribution in [-0.2, 0) is 15.8 Å². The average molecular weight is 479 g/mol. The van der Waals surface area contributed by atoms with Crippen LogP contribution in [0.2, 0.25) is 0 Å². The van der Waals surface area contributed by atoms with E-state index < -0.39 is 36.3 Å². The van der Waals surface area contributed by atoms with E-state index in [4.69, 9.17) is 5.73 Å². The number of carbonyl (C=O) groups is 3. The van der Waals surface area contributed by atoms with Crippen molar-refractivity contribution >= 4 is 24.0 Å². The van der Waals surface area contributed by atoms with E-state index >= 15 is 0 Å². The van der Waals surface area contributed by atoms with Crippen LogP contribution in [0.5, 0.6) is 0 Å². The smallest absolute Gasteiger partial charge is 0.395 e. The molecule has 11 nitrogen and oxygen atoms in total. The Bertz CT molecular complexity index is 1170. The lowest BCUT2D eigenvalue weighted by molar-refractivity contribution is -0.141. The molecular formula is C20H20F3N7O4. The summed E-state index contributed by atoms with van der Waals surface area (Å²) in [5.41, 5.74) is 4.33. The third-order valence-corrected chi connectivity index (χ3v) is 5.27. The second-order valence-corrected chi connectivity index (χ2v) is 7.83. The molecule has 2 aliphatic rings. The van der Waals surface area contributed by atoms with E-state index in [0.29, 0.717) is 5.69 Å². The van der Waals surface area contributed by atoms with Gasteiger partial charge in [0.25, 0.3) is 5.91 Å². The Morgan fingerprint density at radius 2 is 1.94 bits per heavy atom. The summed E-state index contributed by atoms with van der Waals surface area (Å²) in [6.45, 7) is -0.880. The third-order valence-electron chi connectivity index (χ3n) is 5.27. The monoisotopic (exact) mass is 479 g/mol. The van der Waals surface area contributed by atoms with Crippen LogP contribution in [0.3, 0.4) is 0 Å². The largest absolute Gasteiger partial charge is 0.433 e. The normalized spacial score (nSPS) is 17.8. The highest BCUT2D eigenvalue weighted by molar-refractivity contribution is 6.13. The van der Waals surface area contributed by atoms with E-state index in [-0.39, 0.29) is 42.5 Å². The number of carbonyl (C=O) groups excluding carboxylic acids is 3. The van der Waals surface area contributed by atoms with E-state index in [2.05, 4.69) is 15.1 Å². The Hall–Kier alpha value is -3.81. The summed E-state index contributed by atoms with van der Waals surface area (Å²) in [7, 11) is 0. The number of amides is 4. The zero-order valence-corrected chi connectivity index (χ0v) is 17.7. The molecule has 1 aliphatic heterocycles. The van der Waals surface area contributed by atoms with Crippen LogP contribution in [0.25, 0.3) is 17.6 Å². The maximum atomic E-state index is 13.3. The average Bonchev–Trinajstić information content (AvgIpc) is 3.48. The summed E-state index contributed by atoms with van der Waals surface area (Å²) < 4.78 is 41.0. The van der Waals surface area contributed by atoms with Crippen molar-refractivity contribution in [3.63, 3.8) is 0 Å². The van der Waals surface area contributed by atoms with Gasteiger partial charge in [-0.15, -0.1) is 5.10 Å². The van der Waals surface area contributed by atoms with E-state index in [0.717, 1.165) is 33.4 Å². The molecule has 0 atom stereocenters. The molecule has 2 aromatic rings. The molecule has 2 aromatic heterocycles. The SMILES string of the molecule is NC(=O)CCN1C(=O)/C(=C/n2cnc(-c3cc(C4CC4)nc(C(F)(F)F)c3)n2)N(CCO)C1=O. The van der Waals surface area contributed by atoms with Gasteiger partial charge in [0.05, 0.1) is 19.4 Å². The standard InChI is InChI=1S/C20H20F3N7O4/c21-20(22,23)15-8-12(7-13(26-15)11-1-2-11)17-25-10-28(27-17)9-14-18(33)30(4-3-16(24)32)19(34)29(14)5-6-31/h7-11,31H,1-6H2,(H2,24,32)/b14-9-. The summed E-state index contributed by atoms with van der Waals surface area (Å²) >= 11 is 0. The van der Waals surface area contributed by atoms with Gasteiger partial charge in [0.1, 0.15) is 17.7 Å². The Labute approximate surface area is 190 Å². The van der Waals surface area contributed by atoms with Crippen LogP contribution >= 0.6 is 0 Å². The number of aliphatic hydroxyl groups excluding tert-OH is 1. The lowest BCUT2D eigenvalue weighted by Crippen LogP contribution is -2.36. The molecule has 34 heavy (non-hydrogen) atoms. The number of aliphatic hydroxyl groups is 1. The molecule has 14 heteroatoms. The van der Waals surface area contributed by atoms with Gasteiger partial charge in [0.15, 0.2) is 5.82 Å². The molecule has 0 spiro atoms. The Kier molecular flexibility index (Phi) is 6.08. The number of nitrogens with two attached hydrogens (primary N) is 1. The Balaban J connectivity index is 1.65. The fourth-order valence-corrected chi connectivity index (χ4v) is 3.46. The molecule has 1 aliphatic carbocycles. The molecule has 4 amide bonds. The number of rotatable bonds is 8. The van der Waals surface area contributed by atoms with Crippen molar-refractivity contribution in [1.29, 1.82) is 0 Å². The molecule has 180 valence electrons. The van der Waals surface area contributed by atoms with E-state index in [1.54, 1.807) is 0 Å². The topological polar surface area (TPSA) is 148 Å². The first kappa shape index (κ1) is 23.4. The number of hydrogen-bond acceptors (Lipinski definition) is 7. The minimum absolute atomic E-state index is 0.0253. The lowest BCUT2D eigenvalue weighted by Gasteiger charge is -2.15. The van der Waals surface area contributed by atoms with Gasteiger partial charge in [0.2, 0.25) is 5.91 Å². The van der Waals surface area contributed by atoms with Crippen molar-refractivity contribution in [2.75, 3.05) is 19.7 Å². The highest BCUT2D eigenvalue weighted by Gasteiger charge is 2.41. The van der Waals surface area contributed by atoms with Crippen LogP contribution in [0.4, 0.5) is 18.0 Å². The second kappa shape index (κ2) is 8.85. The summed E-state index contributed by atoms with van der Waals surface area (Å²) in [6, 6.07) is 1.62. The second-order valence-electron chi connectivity index (χ2n) is 7.83. The van der Waals surface area contributed by atoms with E-state index in [9.17, 15) is 32.7 Å². The zero-order valence-electron chi connectivity index (χ0n) is 17.7. The predicted molar refractivity (Wildman–Crippen MR) is 109 cm³/mol. The van der Waals surface area contributed by atoms with Crippen molar-refractivity contribution in [1.82, 2.24) is 29.5 Å². The first-order chi connectivity index (χ1) is 16.1.